The number of ether oxygens (including phenoxy) is 2. The molecule has 0 atom stereocenters. The molecule has 1 saturated heterocycles. The van der Waals surface area contributed by atoms with Gasteiger partial charge in [0.25, 0.3) is 0 Å². The van der Waals surface area contributed by atoms with Crippen LogP contribution in [0.3, 0.4) is 0 Å². The highest BCUT2D eigenvalue weighted by atomic mass is 35.5. The van der Waals surface area contributed by atoms with Gasteiger partial charge in [-0.15, -0.1) is 0 Å². The molecule has 1 saturated carbocycles. The van der Waals surface area contributed by atoms with Crippen LogP contribution in [-0.4, -0.2) is 62.1 Å². The first-order chi connectivity index (χ1) is 17.0. The van der Waals surface area contributed by atoms with Crippen LogP contribution < -0.4 is 16.0 Å². The molecule has 0 aromatic carbocycles. The maximum Gasteiger partial charge on any atom is 0.152 e. The molecule has 2 fully saturated rings. The van der Waals surface area contributed by atoms with E-state index in [1.807, 2.05) is 6.07 Å². The third kappa shape index (κ3) is 7.26. The van der Waals surface area contributed by atoms with E-state index in [-0.39, 0.29) is 11.2 Å². The highest BCUT2D eigenvalue weighted by Crippen LogP contribution is 2.33. The Balaban J connectivity index is 1.40. The minimum absolute atomic E-state index is 0.134. The molecule has 7 nitrogen and oxygen atoms in total. The van der Waals surface area contributed by atoms with Crippen molar-refractivity contribution < 1.29 is 13.9 Å². The lowest BCUT2D eigenvalue weighted by atomic mass is 9.82. The molecule has 0 bridgehead atoms. The quantitative estimate of drug-likeness (QED) is 0.305. The number of methoxy groups -OCH3 is 1. The summed E-state index contributed by atoms with van der Waals surface area (Å²) in [5.74, 6) is 0.296. The van der Waals surface area contributed by atoms with Gasteiger partial charge in [-0.1, -0.05) is 18.5 Å². The summed E-state index contributed by atoms with van der Waals surface area (Å²) in [6.45, 7) is 6.16. The molecule has 3 N–H and O–H groups in total. The van der Waals surface area contributed by atoms with Crippen LogP contribution >= 0.6 is 11.6 Å². The van der Waals surface area contributed by atoms with E-state index >= 15 is 0 Å². The third-order valence-corrected chi connectivity index (χ3v) is 7.53. The Labute approximate surface area is 212 Å². The number of pyridine rings is 2. The SMILES string of the molecule is COCCN[C@H]1CC[C@H](Nc2cc(-c3cnc(Cl)c(NCC4(C)CCOCC4)c3)c(F)cn2)CC1. The van der Waals surface area contributed by atoms with Crippen molar-refractivity contribution >= 4 is 23.1 Å². The lowest BCUT2D eigenvalue weighted by molar-refractivity contribution is 0.0300. The first-order valence-electron chi connectivity index (χ1n) is 12.6. The van der Waals surface area contributed by atoms with Crippen LogP contribution in [0.5, 0.6) is 0 Å². The van der Waals surface area contributed by atoms with Gasteiger partial charge in [0.05, 0.1) is 18.5 Å². The molecule has 0 unspecified atom stereocenters. The van der Waals surface area contributed by atoms with E-state index in [9.17, 15) is 4.39 Å². The summed E-state index contributed by atoms with van der Waals surface area (Å²) in [6, 6.07) is 4.49. The fraction of sp³-hybridized carbons (Fsp3) is 0.615. The molecule has 2 aliphatic rings. The highest BCUT2D eigenvalue weighted by Gasteiger charge is 2.27. The van der Waals surface area contributed by atoms with Crippen LogP contribution in [0.25, 0.3) is 11.1 Å². The molecule has 35 heavy (non-hydrogen) atoms. The normalized spacial score (nSPS) is 22.1. The second-order valence-corrected chi connectivity index (χ2v) is 10.4. The molecular weight excluding hydrogens is 469 g/mol. The summed E-state index contributed by atoms with van der Waals surface area (Å²) in [6.07, 6.45) is 9.14. The summed E-state index contributed by atoms with van der Waals surface area (Å²) in [5.41, 5.74) is 1.97. The van der Waals surface area contributed by atoms with Crippen molar-refractivity contribution in [1.82, 2.24) is 15.3 Å². The number of rotatable bonds is 10. The van der Waals surface area contributed by atoms with Gasteiger partial charge in [-0.05, 0) is 56.1 Å². The largest absolute Gasteiger partial charge is 0.383 e. The van der Waals surface area contributed by atoms with Gasteiger partial charge in [-0.2, -0.15) is 0 Å². The summed E-state index contributed by atoms with van der Waals surface area (Å²) in [4.78, 5) is 8.61. The zero-order valence-corrected chi connectivity index (χ0v) is 21.5. The first kappa shape index (κ1) is 26.1. The second kappa shape index (κ2) is 12.3. The Morgan fingerprint density at radius 3 is 2.60 bits per heavy atom. The van der Waals surface area contributed by atoms with E-state index in [0.29, 0.717) is 39.9 Å². The van der Waals surface area contributed by atoms with E-state index in [4.69, 9.17) is 21.1 Å². The zero-order valence-electron chi connectivity index (χ0n) is 20.7. The molecule has 2 aromatic rings. The van der Waals surface area contributed by atoms with Crippen molar-refractivity contribution in [1.29, 1.82) is 0 Å². The molecular formula is C26H37ClFN5O2. The number of nitrogens with one attached hydrogen (secondary N) is 3. The number of hydrogen-bond acceptors (Lipinski definition) is 7. The predicted molar refractivity (Wildman–Crippen MR) is 139 cm³/mol. The van der Waals surface area contributed by atoms with Crippen LogP contribution in [0.4, 0.5) is 15.9 Å². The molecule has 2 aromatic heterocycles. The second-order valence-electron chi connectivity index (χ2n) is 10.0. The molecule has 3 heterocycles. The minimum Gasteiger partial charge on any atom is -0.383 e. The topological polar surface area (TPSA) is 80.3 Å². The number of anilines is 2. The van der Waals surface area contributed by atoms with Crippen molar-refractivity contribution in [3.8, 4) is 11.1 Å². The number of nitrogens with zero attached hydrogens (tertiary/aromatic N) is 2. The van der Waals surface area contributed by atoms with E-state index in [0.717, 1.165) is 71.4 Å². The van der Waals surface area contributed by atoms with E-state index < -0.39 is 0 Å². The molecule has 4 rings (SSSR count). The van der Waals surface area contributed by atoms with Gasteiger partial charge in [-0.25, -0.2) is 14.4 Å². The van der Waals surface area contributed by atoms with E-state index in [2.05, 4.69) is 32.8 Å². The van der Waals surface area contributed by atoms with Gasteiger partial charge < -0.3 is 25.4 Å². The lowest BCUT2D eigenvalue weighted by Gasteiger charge is -2.34. The molecule has 0 spiro atoms. The fourth-order valence-corrected chi connectivity index (χ4v) is 4.99. The monoisotopic (exact) mass is 505 g/mol. The standard InChI is InChI=1S/C26H37ClFN5O2/c1-26(7-10-35-11-8-26)17-32-23-13-18(15-31-25(23)27)21-14-24(30-16-22(21)28)33-20-5-3-19(4-6-20)29-9-12-34-2/h13-16,19-20,29,32H,3-12,17H2,1-2H3,(H,30,33)/t19-,20-. The summed E-state index contributed by atoms with van der Waals surface area (Å²) in [7, 11) is 1.72. The van der Waals surface area contributed by atoms with Crippen LogP contribution in [0.1, 0.15) is 45.4 Å². The van der Waals surface area contributed by atoms with Gasteiger partial charge in [0.2, 0.25) is 0 Å². The molecule has 0 amide bonds. The van der Waals surface area contributed by atoms with Gasteiger partial charge >= 0.3 is 0 Å². The average Bonchev–Trinajstić information content (AvgIpc) is 2.86. The molecule has 0 radical (unpaired) electrons. The van der Waals surface area contributed by atoms with Crippen molar-refractivity contribution in [2.24, 2.45) is 5.41 Å². The van der Waals surface area contributed by atoms with Gasteiger partial charge in [0.15, 0.2) is 5.15 Å². The Kier molecular flexibility index (Phi) is 9.16. The molecule has 192 valence electrons. The lowest BCUT2D eigenvalue weighted by Crippen LogP contribution is -2.38. The average molecular weight is 506 g/mol. The van der Waals surface area contributed by atoms with Crippen molar-refractivity contribution in [2.75, 3.05) is 50.7 Å². The van der Waals surface area contributed by atoms with Crippen LogP contribution in [0.2, 0.25) is 5.15 Å². The van der Waals surface area contributed by atoms with Gasteiger partial charge in [0.1, 0.15) is 11.6 Å². The van der Waals surface area contributed by atoms with E-state index in [1.165, 1.54) is 6.20 Å². The van der Waals surface area contributed by atoms with Gasteiger partial charge in [-0.3, -0.25) is 0 Å². The molecule has 1 aliphatic carbocycles. The fourth-order valence-electron chi connectivity index (χ4n) is 4.82. The summed E-state index contributed by atoms with van der Waals surface area (Å²) < 4.78 is 25.4. The van der Waals surface area contributed by atoms with Gasteiger partial charge in [0, 0.05) is 62.8 Å². The molecule has 9 heteroatoms. The maximum atomic E-state index is 14.8. The maximum absolute atomic E-state index is 14.8. The highest BCUT2D eigenvalue weighted by molar-refractivity contribution is 6.32. The minimum atomic E-state index is -0.381. The van der Waals surface area contributed by atoms with Crippen LogP contribution in [0.15, 0.2) is 24.5 Å². The smallest absolute Gasteiger partial charge is 0.152 e. The first-order valence-corrected chi connectivity index (χ1v) is 13.0. The summed E-state index contributed by atoms with van der Waals surface area (Å²) >= 11 is 6.37. The Morgan fingerprint density at radius 2 is 1.86 bits per heavy atom. The number of halogens is 2. The van der Waals surface area contributed by atoms with Crippen molar-refractivity contribution in [3.05, 3.63) is 35.5 Å². The number of hydrogen-bond donors (Lipinski definition) is 3. The Morgan fingerprint density at radius 1 is 1.11 bits per heavy atom. The van der Waals surface area contributed by atoms with Crippen molar-refractivity contribution in [2.45, 2.75) is 57.5 Å². The van der Waals surface area contributed by atoms with Crippen LogP contribution in [0, 0.1) is 11.2 Å². The Bertz CT molecular complexity index is 965. The molecule has 1 aliphatic heterocycles. The zero-order chi connectivity index (χ0) is 24.7. The predicted octanol–water partition coefficient (Wildman–Crippen LogP) is 5.12. The van der Waals surface area contributed by atoms with Crippen LogP contribution in [-0.2, 0) is 9.47 Å². The third-order valence-electron chi connectivity index (χ3n) is 7.23. The number of aromatic nitrogens is 2. The Hall–Kier alpha value is -2.00. The summed E-state index contributed by atoms with van der Waals surface area (Å²) in [5, 5.41) is 10.9. The van der Waals surface area contributed by atoms with E-state index in [1.54, 1.807) is 19.4 Å². The van der Waals surface area contributed by atoms with Crippen molar-refractivity contribution in [3.63, 3.8) is 0 Å².